The second-order valence-corrected chi connectivity index (χ2v) is 4.19. The lowest BCUT2D eigenvalue weighted by atomic mass is 10.2. The van der Waals surface area contributed by atoms with E-state index in [0.717, 1.165) is 16.9 Å². The first-order chi connectivity index (χ1) is 8.61. The van der Waals surface area contributed by atoms with Crippen LogP contribution in [0.15, 0.2) is 41.5 Å². The molecule has 0 aromatic heterocycles. The molecule has 0 fully saturated rings. The summed E-state index contributed by atoms with van der Waals surface area (Å²) in [5.74, 6) is 0.818. The monoisotopic (exact) mass is 263 g/mol. The number of nitrogens with one attached hydrogen (secondary N) is 2. The maximum atomic E-state index is 5.07. The summed E-state index contributed by atoms with van der Waals surface area (Å²) in [6.45, 7) is 6.34. The van der Waals surface area contributed by atoms with Crippen molar-refractivity contribution in [3.8, 4) is 5.75 Å². The van der Waals surface area contributed by atoms with Crippen molar-refractivity contribution >= 4 is 23.5 Å². The summed E-state index contributed by atoms with van der Waals surface area (Å²) >= 11 is 5.03. The number of rotatable bonds is 5. The lowest BCUT2D eigenvalue weighted by Crippen LogP contribution is -2.32. The fraction of sp³-hybridized carbons (Fsp3) is 0.231. The van der Waals surface area contributed by atoms with Crippen LogP contribution in [0.4, 0.5) is 0 Å². The number of nitrogens with zero attached hydrogens (tertiary/aromatic N) is 1. The van der Waals surface area contributed by atoms with E-state index in [0.29, 0.717) is 11.7 Å². The van der Waals surface area contributed by atoms with Crippen molar-refractivity contribution in [3.63, 3.8) is 0 Å². The van der Waals surface area contributed by atoms with Crippen LogP contribution in [0.1, 0.15) is 12.5 Å². The largest absolute Gasteiger partial charge is 0.497 e. The second kappa shape index (κ2) is 7.45. The summed E-state index contributed by atoms with van der Waals surface area (Å²) in [7, 11) is 1.64. The summed E-state index contributed by atoms with van der Waals surface area (Å²) in [5, 5.41) is 7.47. The third kappa shape index (κ3) is 5.45. The Morgan fingerprint density at radius 3 is 2.67 bits per heavy atom. The molecule has 0 aliphatic heterocycles. The van der Waals surface area contributed by atoms with Crippen molar-refractivity contribution in [2.24, 2.45) is 5.10 Å². The molecule has 5 heteroatoms. The van der Waals surface area contributed by atoms with Crippen molar-refractivity contribution < 1.29 is 4.74 Å². The molecule has 0 amide bonds. The molecule has 96 valence electrons. The summed E-state index contributed by atoms with van der Waals surface area (Å²) in [6, 6.07) is 7.57. The van der Waals surface area contributed by atoms with Gasteiger partial charge in [-0.3, -0.25) is 5.43 Å². The lowest BCUT2D eigenvalue weighted by molar-refractivity contribution is 0.415. The molecule has 0 spiro atoms. The van der Waals surface area contributed by atoms with E-state index in [1.807, 2.05) is 31.2 Å². The van der Waals surface area contributed by atoms with Crippen LogP contribution in [0.5, 0.6) is 5.75 Å². The van der Waals surface area contributed by atoms with Crippen molar-refractivity contribution in [3.05, 3.63) is 42.0 Å². The van der Waals surface area contributed by atoms with E-state index in [4.69, 9.17) is 17.0 Å². The maximum absolute atomic E-state index is 5.07. The third-order valence-corrected chi connectivity index (χ3v) is 2.28. The van der Waals surface area contributed by atoms with Gasteiger partial charge in [0.15, 0.2) is 5.11 Å². The van der Waals surface area contributed by atoms with Gasteiger partial charge in [-0.2, -0.15) is 5.10 Å². The molecule has 1 aromatic carbocycles. The highest BCUT2D eigenvalue weighted by atomic mass is 32.1. The number of hydrazone groups is 1. The van der Waals surface area contributed by atoms with Crippen LogP contribution in [0.25, 0.3) is 0 Å². The van der Waals surface area contributed by atoms with Gasteiger partial charge in [0.2, 0.25) is 0 Å². The van der Waals surface area contributed by atoms with E-state index in [-0.39, 0.29) is 0 Å². The number of methoxy groups -OCH3 is 1. The minimum Gasteiger partial charge on any atom is -0.497 e. The van der Waals surface area contributed by atoms with Crippen LogP contribution in [-0.2, 0) is 0 Å². The lowest BCUT2D eigenvalue weighted by Gasteiger charge is -2.05. The van der Waals surface area contributed by atoms with Crippen molar-refractivity contribution in [1.29, 1.82) is 0 Å². The van der Waals surface area contributed by atoms with Crippen LogP contribution >= 0.6 is 12.2 Å². The number of hydrogen-bond donors (Lipinski definition) is 2. The summed E-state index contributed by atoms with van der Waals surface area (Å²) in [6.07, 6.45) is 1.69. The Bertz CT molecular complexity index is 440. The molecular weight excluding hydrogens is 246 g/mol. The molecule has 2 N–H and O–H groups in total. The third-order valence-electron chi connectivity index (χ3n) is 2.05. The van der Waals surface area contributed by atoms with Crippen LogP contribution < -0.4 is 15.5 Å². The molecule has 0 saturated carbocycles. The average molecular weight is 263 g/mol. The van der Waals surface area contributed by atoms with Gasteiger partial charge in [-0.15, -0.1) is 0 Å². The number of benzene rings is 1. The van der Waals surface area contributed by atoms with E-state index in [1.54, 1.807) is 13.3 Å². The zero-order valence-corrected chi connectivity index (χ0v) is 11.4. The van der Waals surface area contributed by atoms with Gasteiger partial charge in [-0.05, 0) is 49.0 Å². The number of hydrogen-bond acceptors (Lipinski definition) is 3. The van der Waals surface area contributed by atoms with Crippen molar-refractivity contribution in [2.45, 2.75) is 6.92 Å². The minimum absolute atomic E-state index is 0.475. The van der Waals surface area contributed by atoms with Gasteiger partial charge < -0.3 is 10.1 Å². The molecule has 1 rings (SSSR count). The van der Waals surface area contributed by atoms with Gasteiger partial charge in [0.05, 0.1) is 13.3 Å². The smallest absolute Gasteiger partial charge is 0.187 e. The quantitative estimate of drug-likeness (QED) is 0.369. The number of ether oxygens (including phenoxy) is 1. The van der Waals surface area contributed by atoms with Crippen molar-refractivity contribution in [1.82, 2.24) is 10.7 Å². The summed E-state index contributed by atoms with van der Waals surface area (Å²) < 4.78 is 5.07. The molecule has 0 bridgehead atoms. The van der Waals surface area contributed by atoms with Crippen LogP contribution in [0.3, 0.4) is 0 Å². The summed E-state index contributed by atoms with van der Waals surface area (Å²) in [4.78, 5) is 0. The Morgan fingerprint density at radius 2 is 2.11 bits per heavy atom. The van der Waals surface area contributed by atoms with Gasteiger partial charge in [0.1, 0.15) is 5.75 Å². The molecule has 18 heavy (non-hydrogen) atoms. The Kier molecular flexibility index (Phi) is 5.87. The molecule has 0 aliphatic carbocycles. The van der Waals surface area contributed by atoms with Crippen LogP contribution in [0, 0.1) is 0 Å². The van der Waals surface area contributed by atoms with Crippen molar-refractivity contribution in [2.75, 3.05) is 13.7 Å². The number of thiocarbonyl (C=S) groups is 1. The van der Waals surface area contributed by atoms with E-state index in [9.17, 15) is 0 Å². The average Bonchev–Trinajstić information content (AvgIpc) is 2.37. The standard InChI is InChI=1S/C13H17N3OS/c1-10(2)8-14-13(18)16-15-9-11-4-6-12(17-3)7-5-11/h4-7,9H,1,8H2,2-3H3,(H2,14,16,18). The van der Waals surface area contributed by atoms with E-state index < -0.39 is 0 Å². The molecule has 0 radical (unpaired) electrons. The predicted octanol–water partition coefficient (Wildman–Crippen LogP) is 2.07. The fourth-order valence-corrected chi connectivity index (χ4v) is 1.25. The van der Waals surface area contributed by atoms with Gasteiger partial charge in [-0.25, -0.2) is 0 Å². The second-order valence-electron chi connectivity index (χ2n) is 3.78. The first-order valence-electron chi connectivity index (χ1n) is 5.47. The SMILES string of the molecule is C=C(C)CNC(=S)NN=Cc1ccc(OC)cc1. The van der Waals surface area contributed by atoms with E-state index in [1.165, 1.54) is 0 Å². The Balaban J connectivity index is 2.39. The molecular formula is C13H17N3OS. The van der Waals surface area contributed by atoms with Gasteiger partial charge in [0.25, 0.3) is 0 Å². The predicted molar refractivity (Wildman–Crippen MR) is 79.1 cm³/mol. The molecule has 0 heterocycles. The topological polar surface area (TPSA) is 45.7 Å². The highest BCUT2D eigenvalue weighted by Crippen LogP contribution is 2.09. The van der Waals surface area contributed by atoms with E-state index in [2.05, 4.69) is 22.4 Å². The molecule has 0 saturated heterocycles. The summed E-state index contributed by atoms with van der Waals surface area (Å²) in [5.41, 5.74) is 4.71. The molecule has 0 aliphatic rings. The molecule has 0 unspecified atom stereocenters. The Labute approximate surface area is 113 Å². The van der Waals surface area contributed by atoms with Crippen LogP contribution in [0.2, 0.25) is 0 Å². The van der Waals surface area contributed by atoms with E-state index >= 15 is 0 Å². The van der Waals surface area contributed by atoms with Gasteiger partial charge in [0, 0.05) is 6.54 Å². The van der Waals surface area contributed by atoms with Crippen LogP contribution in [-0.4, -0.2) is 25.0 Å². The Hall–Kier alpha value is -1.88. The zero-order chi connectivity index (χ0) is 13.4. The Morgan fingerprint density at radius 1 is 1.44 bits per heavy atom. The molecule has 4 nitrogen and oxygen atoms in total. The molecule has 0 atom stereocenters. The normalized spacial score (nSPS) is 10.1. The minimum atomic E-state index is 0.475. The molecule has 1 aromatic rings. The fourth-order valence-electron chi connectivity index (χ4n) is 1.13. The zero-order valence-electron chi connectivity index (χ0n) is 10.6. The first-order valence-corrected chi connectivity index (χ1v) is 5.88. The van der Waals surface area contributed by atoms with Gasteiger partial charge in [-0.1, -0.05) is 12.2 Å². The highest BCUT2D eigenvalue weighted by Gasteiger charge is 1.93. The first kappa shape index (κ1) is 14.2. The highest BCUT2D eigenvalue weighted by molar-refractivity contribution is 7.80. The van der Waals surface area contributed by atoms with Gasteiger partial charge >= 0.3 is 0 Å². The maximum Gasteiger partial charge on any atom is 0.187 e.